The lowest BCUT2D eigenvalue weighted by atomic mass is 10.2. The molecule has 13 heavy (non-hydrogen) atoms. The Morgan fingerprint density at radius 3 is 3.00 bits per heavy atom. The van der Waals surface area contributed by atoms with Gasteiger partial charge in [0.1, 0.15) is 6.33 Å². The number of nitrogens with zero attached hydrogens (tertiary/aromatic N) is 3. The van der Waals surface area contributed by atoms with Crippen molar-refractivity contribution in [3.05, 3.63) is 6.33 Å². The molecule has 1 atom stereocenters. The second kappa shape index (κ2) is 4.23. The van der Waals surface area contributed by atoms with E-state index in [9.17, 15) is 4.79 Å². The molecule has 1 N–H and O–H groups in total. The summed E-state index contributed by atoms with van der Waals surface area (Å²) >= 11 is 5.52. The molecule has 0 aliphatic carbocycles. The first-order chi connectivity index (χ1) is 6.15. The highest BCUT2D eigenvalue weighted by molar-refractivity contribution is 6.19. The van der Waals surface area contributed by atoms with Gasteiger partial charge < -0.3 is 4.57 Å². The fourth-order valence-electron chi connectivity index (χ4n) is 0.700. The number of hydrogen-bond donors (Lipinski definition) is 1. The molecule has 0 aliphatic heterocycles. The maximum atomic E-state index is 11.3. The van der Waals surface area contributed by atoms with Gasteiger partial charge in [0.25, 0.3) is 0 Å². The van der Waals surface area contributed by atoms with Gasteiger partial charge in [0.2, 0.25) is 11.9 Å². The standard InChI is InChI=1S/C7H11ClN4O/c1-5(3-8)6(13)10-7-11-9-4-12(7)2/h4-5H,3H2,1-2H3,(H,10,11,13). The van der Waals surface area contributed by atoms with Crippen LogP contribution in [0.25, 0.3) is 0 Å². The number of carbonyl (C=O) groups is 1. The third-order valence-electron chi connectivity index (χ3n) is 1.63. The number of amides is 1. The van der Waals surface area contributed by atoms with Crippen molar-refractivity contribution in [2.45, 2.75) is 6.92 Å². The molecule has 0 bridgehead atoms. The second-order valence-corrected chi connectivity index (χ2v) is 3.12. The van der Waals surface area contributed by atoms with Gasteiger partial charge in [-0.15, -0.1) is 21.8 Å². The van der Waals surface area contributed by atoms with E-state index in [1.807, 2.05) is 0 Å². The first-order valence-corrected chi connectivity index (χ1v) is 4.39. The van der Waals surface area contributed by atoms with Crippen molar-refractivity contribution >= 4 is 23.5 Å². The van der Waals surface area contributed by atoms with Crippen molar-refractivity contribution < 1.29 is 4.79 Å². The Bertz CT molecular complexity index is 298. The Labute approximate surface area is 81.1 Å². The van der Waals surface area contributed by atoms with Gasteiger partial charge in [-0.2, -0.15) is 0 Å². The van der Waals surface area contributed by atoms with E-state index in [1.165, 1.54) is 6.33 Å². The van der Waals surface area contributed by atoms with Crippen LogP contribution in [-0.2, 0) is 11.8 Å². The molecule has 0 saturated carbocycles. The number of nitrogens with one attached hydrogen (secondary N) is 1. The van der Waals surface area contributed by atoms with E-state index < -0.39 is 0 Å². The first kappa shape index (κ1) is 9.98. The van der Waals surface area contributed by atoms with Crippen molar-refractivity contribution in [1.82, 2.24) is 14.8 Å². The predicted octanol–water partition coefficient (Wildman–Crippen LogP) is 0.629. The van der Waals surface area contributed by atoms with Crippen LogP contribution < -0.4 is 5.32 Å². The lowest BCUT2D eigenvalue weighted by molar-refractivity contribution is -0.118. The van der Waals surface area contributed by atoms with Gasteiger partial charge in [-0.25, -0.2) is 0 Å². The monoisotopic (exact) mass is 202 g/mol. The van der Waals surface area contributed by atoms with Gasteiger partial charge in [-0.05, 0) is 0 Å². The molecule has 5 nitrogen and oxygen atoms in total. The van der Waals surface area contributed by atoms with E-state index in [2.05, 4.69) is 15.5 Å². The molecule has 0 aromatic carbocycles. The van der Waals surface area contributed by atoms with E-state index in [0.717, 1.165) is 0 Å². The smallest absolute Gasteiger partial charge is 0.230 e. The quantitative estimate of drug-likeness (QED) is 0.732. The number of hydrogen-bond acceptors (Lipinski definition) is 3. The summed E-state index contributed by atoms with van der Waals surface area (Å²) in [6.07, 6.45) is 1.51. The minimum absolute atomic E-state index is 0.147. The molecular weight excluding hydrogens is 192 g/mol. The largest absolute Gasteiger partial charge is 0.303 e. The number of anilines is 1. The molecule has 1 aromatic heterocycles. The third-order valence-corrected chi connectivity index (χ3v) is 2.09. The summed E-state index contributed by atoms with van der Waals surface area (Å²) in [6, 6.07) is 0. The zero-order valence-electron chi connectivity index (χ0n) is 7.49. The van der Waals surface area contributed by atoms with Gasteiger partial charge in [0.15, 0.2) is 0 Å². The minimum Gasteiger partial charge on any atom is -0.303 e. The van der Waals surface area contributed by atoms with Gasteiger partial charge in [0.05, 0.1) is 0 Å². The van der Waals surface area contributed by atoms with Crippen LogP contribution in [-0.4, -0.2) is 26.6 Å². The van der Waals surface area contributed by atoms with Crippen LogP contribution in [0.5, 0.6) is 0 Å². The number of aromatic nitrogens is 3. The Kier molecular flexibility index (Phi) is 3.25. The number of carbonyl (C=O) groups excluding carboxylic acids is 1. The summed E-state index contributed by atoms with van der Waals surface area (Å²) < 4.78 is 1.62. The summed E-state index contributed by atoms with van der Waals surface area (Å²) in [5, 5.41) is 9.94. The number of alkyl halides is 1. The van der Waals surface area contributed by atoms with Gasteiger partial charge in [-0.3, -0.25) is 10.1 Å². The highest BCUT2D eigenvalue weighted by Gasteiger charge is 2.13. The Morgan fingerprint density at radius 1 is 1.85 bits per heavy atom. The molecule has 0 aliphatic rings. The predicted molar refractivity (Wildman–Crippen MR) is 49.5 cm³/mol. The zero-order chi connectivity index (χ0) is 9.84. The first-order valence-electron chi connectivity index (χ1n) is 3.86. The maximum absolute atomic E-state index is 11.3. The van der Waals surface area contributed by atoms with Crippen molar-refractivity contribution in [2.24, 2.45) is 13.0 Å². The Hall–Kier alpha value is -1.10. The van der Waals surface area contributed by atoms with Gasteiger partial charge >= 0.3 is 0 Å². The molecule has 1 rings (SSSR count). The third kappa shape index (κ3) is 2.42. The molecule has 1 amide bonds. The van der Waals surface area contributed by atoms with Crippen LogP contribution in [0.15, 0.2) is 6.33 Å². The fraction of sp³-hybridized carbons (Fsp3) is 0.571. The molecule has 0 radical (unpaired) electrons. The van der Waals surface area contributed by atoms with Crippen LogP contribution in [0.2, 0.25) is 0 Å². The van der Waals surface area contributed by atoms with Crippen molar-refractivity contribution in [1.29, 1.82) is 0 Å². The average molecular weight is 203 g/mol. The molecule has 1 aromatic rings. The van der Waals surface area contributed by atoms with E-state index in [0.29, 0.717) is 11.8 Å². The van der Waals surface area contributed by atoms with Crippen molar-refractivity contribution in [3.63, 3.8) is 0 Å². The second-order valence-electron chi connectivity index (χ2n) is 2.81. The summed E-state index contributed by atoms with van der Waals surface area (Å²) in [4.78, 5) is 11.3. The highest BCUT2D eigenvalue weighted by atomic mass is 35.5. The number of aryl methyl sites for hydroxylation is 1. The van der Waals surface area contributed by atoms with Gasteiger partial charge in [0, 0.05) is 18.8 Å². The van der Waals surface area contributed by atoms with E-state index in [1.54, 1.807) is 18.5 Å². The average Bonchev–Trinajstić information content (AvgIpc) is 2.50. The van der Waals surface area contributed by atoms with E-state index >= 15 is 0 Å². The molecule has 1 heterocycles. The van der Waals surface area contributed by atoms with E-state index in [-0.39, 0.29) is 11.8 Å². The van der Waals surface area contributed by atoms with Crippen molar-refractivity contribution in [3.8, 4) is 0 Å². The highest BCUT2D eigenvalue weighted by Crippen LogP contribution is 2.04. The normalized spacial score (nSPS) is 12.5. The minimum atomic E-state index is -0.224. The fourth-order valence-corrected chi connectivity index (χ4v) is 0.840. The maximum Gasteiger partial charge on any atom is 0.230 e. The van der Waals surface area contributed by atoms with Crippen LogP contribution in [0.3, 0.4) is 0 Å². The zero-order valence-corrected chi connectivity index (χ0v) is 8.25. The van der Waals surface area contributed by atoms with Crippen LogP contribution >= 0.6 is 11.6 Å². The topological polar surface area (TPSA) is 59.8 Å². The lowest BCUT2D eigenvalue weighted by Gasteiger charge is -2.07. The molecule has 0 spiro atoms. The number of rotatable bonds is 3. The van der Waals surface area contributed by atoms with Crippen molar-refractivity contribution in [2.75, 3.05) is 11.2 Å². The molecule has 72 valence electrons. The van der Waals surface area contributed by atoms with E-state index in [4.69, 9.17) is 11.6 Å². The Balaban J connectivity index is 2.60. The lowest BCUT2D eigenvalue weighted by Crippen LogP contribution is -2.23. The van der Waals surface area contributed by atoms with Crippen LogP contribution in [0.1, 0.15) is 6.92 Å². The summed E-state index contributed by atoms with van der Waals surface area (Å²) in [5.74, 6) is 0.357. The molecule has 0 saturated heterocycles. The molecule has 1 unspecified atom stereocenters. The molecule has 0 fully saturated rings. The van der Waals surface area contributed by atoms with Gasteiger partial charge in [-0.1, -0.05) is 6.92 Å². The summed E-state index contributed by atoms with van der Waals surface area (Å²) in [7, 11) is 1.75. The van der Waals surface area contributed by atoms with Crippen LogP contribution in [0, 0.1) is 5.92 Å². The summed E-state index contributed by atoms with van der Waals surface area (Å²) in [5.41, 5.74) is 0. The summed E-state index contributed by atoms with van der Waals surface area (Å²) in [6.45, 7) is 1.75. The number of halogens is 1. The molecule has 6 heteroatoms. The SMILES string of the molecule is CC(CCl)C(=O)Nc1nncn1C. The molecular formula is C7H11ClN4O. The Morgan fingerprint density at radius 2 is 2.54 bits per heavy atom. The van der Waals surface area contributed by atoms with Crippen LogP contribution in [0.4, 0.5) is 5.95 Å².